The number of benzene rings is 1. The molecule has 0 radical (unpaired) electrons. The van der Waals surface area contributed by atoms with Crippen molar-refractivity contribution in [1.82, 2.24) is 14.5 Å². The summed E-state index contributed by atoms with van der Waals surface area (Å²) in [6.07, 6.45) is 4.55. The Labute approximate surface area is 123 Å². The van der Waals surface area contributed by atoms with Crippen molar-refractivity contribution >= 4 is 5.91 Å². The molecule has 6 nitrogen and oxygen atoms in total. The number of carbonyl (C=O) groups is 1. The molecule has 112 valence electrons. The molecular formula is C15H19N3O3. The zero-order valence-electron chi connectivity index (χ0n) is 12.1. The first kappa shape index (κ1) is 15.2. The molecule has 1 aromatic carbocycles. The van der Waals surface area contributed by atoms with Crippen LogP contribution in [0.25, 0.3) is 5.69 Å². The van der Waals surface area contributed by atoms with Gasteiger partial charge < -0.3 is 19.3 Å². The first-order chi connectivity index (χ1) is 10.1. The van der Waals surface area contributed by atoms with E-state index in [-0.39, 0.29) is 19.1 Å². The average molecular weight is 289 g/mol. The van der Waals surface area contributed by atoms with Crippen molar-refractivity contribution in [2.24, 2.45) is 0 Å². The molecule has 1 atom stereocenters. The van der Waals surface area contributed by atoms with E-state index in [1.165, 1.54) is 12.0 Å². The van der Waals surface area contributed by atoms with Gasteiger partial charge in [-0.3, -0.25) is 4.79 Å². The van der Waals surface area contributed by atoms with Gasteiger partial charge in [-0.2, -0.15) is 0 Å². The van der Waals surface area contributed by atoms with Gasteiger partial charge in [0.25, 0.3) is 5.91 Å². The molecule has 1 aromatic heterocycles. The third kappa shape index (κ3) is 3.90. The lowest BCUT2D eigenvalue weighted by atomic mass is 10.1. The van der Waals surface area contributed by atoms with Crippen LogP contribution in [0.5, 0.6) is 0 Å². The summed E-state index contributed by atoms with van der Waals surface area (Å²) in [6.45, 7) is 0.438. The Hall–Kier alpha value is -2.18. The summed E-state index contributed by atoms with van der Waals surface area (Å²) in [5, 5.41) is 9.66. The van der Waals surface area contributed by atoms with Gasteiger partial charge in [-0.05, 0) is 24.3 Å². The minimum Gasteiger partial charge on any atom is -0.389 e. The average Bonchev–Trinajstić information content (AvgIpc) is 3.01. The van der Waals surface area contributed by atoms with Gasteiger partial charge in [0.15, 0.2) is 0 Å². The molecule has 2 rings (SSSR count). The summed E-state index contributed by atoms with van der Waals surface area (Å²) >= 11 is 0. The van der Waals surface area contributed by atoms with E-state index < -0.39 is 6.10 Å². The molecule has 0 saturated carbocycles. The summed E-state index contributed by atoms with van der Waals surface area (Å²) in [6, 6.07) is 7.23. The maximum absolute atomic E-state index is 12.2. The quantitative estimate of drug-likeness (QED) is 0.860. The molecule has 0 aliphatic heterocycles. The zero-order chi connectivity index (χ0) is 15.2. The molecule has 0 aliphatic carbocycles. The first-order valence-electron chi connectivity index (χ1n) is 6.62. The number of methoxy groups -OCH3 is 1. The number of nitrogens with zero attached hydrogens (tertiary/aromatic N) is 3. The molecule has 6 heteroatoms. The van der Waals surface area contributed by atoms with Gasteiger partial charge in [0.1, 0.15) is 0 Å². The first-order valence-corrected chi connectivity index (χ1v) is 6.62. The largest absolute Gasteiger partial charge is 0.389 e. The molecule has 0 aliphatic rings. The number of aromatic nitrogens is 2. The number of likely N-dealkylation sites (N-methyl/N-ethyl adjacent to an activating group) is 1. The lowest BCUT2D eigenvalue weighted by Crippen LogP contribution is -2.36. The van der Waals surface area contributed by atoms with E-state index in [0.29, 0.717) is 5.56 Å². The molecule has 0 fully saturated rings. The molecule has 0 saturated heterocycles. The van der Waals surface area contributed by atoms with Crippen molar-refractivity contribution in [3.8, 4) is 5.69 Å². The van der Waals surface area contributed by atoms with Crippen LogP contribution in [0.4, 0.5) is 0 Å². The molecule has 0 bridgehead atoms. The molecule has 1 heterocycles. The van der Waals surface area contributed by atoms with Crippen molar-refractivity contribution in [3.63, 3.8) is 0 Å². The number of ether oxygens (including phenoxy) is 1. The summed E-state index contributed by atoms with van der Waals surface area (Å²) in [5.74, 6) is -0.137. The van der Waals surface area contributed by atoms with Crippen LogP contribution in [-0.4, -0.2) is 58.9 Å². The molecule has 1 amide bonds. The third-order valence-electron chi connectivity index (χ3n) is 3.11. The Balaban J connectivity index is 2.02. The Morgan fingerprint density at radius 2 is 2.14 bits per heavy atom. The second-order valence-corrected chi connectivity index (χ2v) is 4.81. The highest BCUT2D eigenvalue weighted by molar-refractivity contribution is 5.94. The highest BCUT2D eigenvalue weighted by Gasteiger charge is 2.15. The van der Waals surface area contributed by atoms with Crippen molar-refractivity contribution in [3.05, 3.63) is 48.5 Å². The van der Waals surface area contributed by atoms with Gasteiger partial charge in [-0.1, -0.05) is 0 Å². The Morgan fingerprint density at radius 3 is 2.71 bits per heavy atom. The van der Waals surface area contributed by atoms with Gasteiger partial charge >= 0.3 is 0 Å². The van der Waals surface area contributed by atoms with E-state index in [9.17, 15) is 9.90 Å². The highest BCUT2D eigenvalue weighted by atomic mass is 16.5. The molecule has 1 unspecified atom stereocenters. The van der Waals surface area contributed by atoms with Crippen LogP contribution in [0.1, 0.15) is 10.4 Å². The predicted molar refractivity (Wildman–Crippen MR) is 78.4 cm³/mol. The fourth-order valence-electron chi connectivity index (χ4n) is 2.05. The van der Waals surface area contributed by atoms with E-state index in [1.54, 1.807) is 31.7 Å². The molecular weight excluding hydrogens is 270 g/mol. The number of hydrogen-bond donors (Lipinski definition) is 1. The van der Waals surface area contributed by atoms with E-state index in [4.69, 9.17) is 4.74 Å². The fraction of sp³-hybridized carbons (Fsp3) is 0.333. The SMILES string of the molecule is COCC(O)CN(C)C(=O)c1ccc(-n2ccnc2)cc1. The third-order valence-corrected chi connectivity index (χ3v) is 3.11. The Bertz CT molecular complexity index is 566. The molecule has 0 spiro atoms. The van der Waals surface area contributed by atoms with Crippen LogP contribution in [0, 0.1) is 0 Å². The Morgan fingerprint density at radius 1 is 1.43 bits per heavy atom. The standard InChI is InChI=1S/C15H19N3O3/c1-17(9-14(19)10-21-2)15(20)12-3-5-13(6-4-12)18-8-7-16-11-18/h3-8,11,14,19H,9-10H2,1-2H3. The molecule has 1 N–H and O–H groups in total. The number of amides is 1. The van der Waals surface area contributed by atoms with Crippen molar-refractivity contribution in [2.45, 2.75) is 6.10 Å². The maximum atomic E-state index is 12.2. The number of aliphatic hydroxyl groups excluding tert-OH is 1. The minimum atomic E-state index is -0.686. The van der Waals surface area contributed by atoms with E-state index in [1.807, 2.05) is 22.9 Å². The number of imidazole rings is 1. The van der Waals surface area contributed by atoms with Crippen LogP contribution in [-0.2, 0) is 4.74 Å². The summed E-state index contributed by atoms with van der Waals surface area (Å²) in [7, 11) is 3.17. The summed E-state index contributed by atoms with van der Waals surface area (Å²) < 4.78 is 6.71. The van der Waals surface area contributed by atoms with Gasteiger partial charge in [-0.25, -0.2) is 4.98 Å². The summed E-state index contributed by atoms with van der Waals surface area (Å²) in [4.78, 5) is 17.7. The lowest BCUT2D eigenvalue weighted by Gasteiger charge is -2.20. The van der Waals surface area contributed by atoms with Crippen LogP contribution in [0.3, 0.4) is 0 Å². The number of carbonyl (C=O) groups excluding carboxylic acids is 1. The van der Waals surface area contributed by atoms with Crippen molar-refractivity contribution in [1.29, 1.82) is 0 Å². The topological polar surface area (TPSA) is 67.6 Å². The van der Waals surface area contributed by atoms with Gasteiger partial charge in [0.05, 0.1) is 19.0 Å². The zero-order valence-corrected chi connectivity index (χ0v) is 12.1. The highest BCUT2D eigenvalue weighted by Crippen LogP contribution is 2.11. The lowest BCUT2D eigenvalue weighted by molar-refractivity contribution is 0.0380. The fourth-order valence-corrected chi connectivity index (χ4v) is 2.05. The van der Waals surface area contributed by atoms with Crippen molar-refractivity contribution < 1.29 is 14.6 Å². The van der Waals surface area contributed by atoms with Gasteiger partial charge in [-0.15, -0.1) is 0 Å². The Kier molecular flexibility index (Phi) is 5.08. The van der Waals surface area contributed by atoms with Gasteiger partial charge in [0, 0.05) is 44.3 Å². The second-order valence-electron chi connectivity index (χ2n) is 4.81. The number of aliphatic hydroxyl groups is 1. The van der Waals surface area contributed by atoms with E-state index in [0.717, 1.165) is 5.69 Å². The summed E-state index contributed by atoms with van der Waals surface area (Å²) in [5.41, 5.74) is 1.51. The van der Waals surface area contributed by atoms with Crippen LogP contribution in [0.2, 0.25) is 0 Å². The molecule has 2 aromatic rings. The van der Waals surface area contributed by atoms with Crippen LogP contribution in [0.15, 0.2) is 43.0 Å². The number of rotatable bonds is 6. The minimum absolute atomic E-state index is 0.137. The van der Waals surface area contributed by atoms with Gasteiger partial charge in [0.2, 0.25) is 0 Å². The second kappa shape index (κ2) is 7.01. The molecule has 21 heavy (non-hydrogen) atoms. The van der Waals surface area contributed by atoms with Crippen LogP contribution >= 0.6 is 0 Å². The van der Waals surface area contributed by atoms with Crippen molar-refractivity contribution in [2.75, 3.05) is 27.3 Å². The van der Waals surface area contributed by atoms with E-state index in [2.05, 4.69) is 4.98 Å². The van der Waals surface area contributed by atoms with E-state index >= 15 is 0 Å². The predicted octanol–water partition coefficient (Wildman–Crippen LogP) is 0.952. The number of hydrogen-bond acceptors (Lipinski definition) is 4. The smallest absolute Gasteiger partial charge is 0.253 e. The maximum Gasteiger partial charge on any atom is 0.253 e. The normalized spacial score (nSPS) is 12.1. The monoisotopic (exact) mass is 289 g/mol. The van der Waals surface area contributed by atoms with Crippen LogP contribution < -0.4 is 0 Å².